The number of carboxylic acids is 1. The van der Waals surface area contributed by atoms with Gasteiger partial charge in [0.15, 0.2) is 0 Å². The van der Waals surface area contributed by atoms with E-state index in [-0.39, 0.29) is 0 Å². The molecule has 0 spiro atoms. The number of nitrogens with two attached hydrogens (primary N) is 1. The number of aliphatic hydroxyl groups is 2. The highest BCUT2D eigenvalue weighted by Gasteiger charge is 2.49. The van der Waals surface area contributed by atoms with Crippen molar-refractivity contribution in [3.8, 4) is 0 Å². The van der Waals surface area contributed by atoms with Crippen molar-refractivity contribution in [2.75, 3.05) is 12.8 Å². The van der Waals surface area contributed by atoms with Crippen LogP contribution in [0.3, 0.4) is 0 Å². The number of hydrogen-bond donors (Lipinski definition) is 6. The minimum Gasteiger partial charge on any atom is -0.481 e. The van der Waals surface area contributed by atoms with Gasteiger partial charge in [-0.05, 0) is 12.5 Å². The van der Waals surface area contributed by atoms with Crippen molar-refractivity contribution in [2.24, 2.45) is 11.7 Å². The quantitative estimate of drug-likeness (QED) is 0.217. The number of rotatable bonds is 6. The first-order valence-electron chi connectivity index (χ1n) is 7.46. The fourth-order valence-electron chi connectivity index (χ4n) is 2.69. The first kappa shape index (κ1) is 20.0. The number of hydrogen-bond acceptors (Lipinski definition) is 8. The Kier molecular flexibility index (Phi) is 6.00. The van der Waals surface area contributed by atoms with Crippen molar-refractivity contribution in [1.82, 2.24) is 5.32 Å². The van der Waals surface area contributed by atoms with Crippen LogP contribution in [0.5, 0.6) is 0 Å². The van der Waals surface area contributed by atoms with Crippen LogP contribution in [0, 0.1) is 5.92 Å². The third-order valence-corrected chi connectivity index (χ3v) is 5.29. The molecule has 3 unspecified atom stereocenters. The summed E-state index contributed by atoms with van der Waals surface area (Å²) in [7, 11) is -4.41. The van der Waals surface area contributed by atoms with Crippen LogP contribution < -0.4 is 11.1 Å². The molecule has 2 aliphatic heterocycles. The number of carboxylic acid groups (broad SMARTS) is 1. The largest absolute Gasteiger partial charge is 0.481 e. The van der Waals surface area contributed by atoms with E-state index in [4.69, 9.17) is 15.6 Å². The lowest BCUT2D eigenvalue weighted by molar-refractivity contribution is -0.134. The van der Waals surface area contributed by atoms with Crippen molar-refractivity contribution < 1.29 is 43.6 Å². The third kappa shape index (κ3) is 4.64. The van der Waals surface area contributed by atoms with Crippen molar-refractivity contribution in [3.63, 3.8) is 0 Å². The van der Waals surface area contributed by atoms with E-state index in [1.54, 1.807) is 6.92 Å². The average molecular weight is 380 g/mol. The lowest BCUT2D eigenvalue weighted by atomic mass is 9.90. The van der Waals surface area contributed by atoms with Gasteiger partial charge >= 0.3 is 13.6 Å². The number of carbonyl (C=O) groups is 2. The molecule has 1 fully saturated rings. The standard InChI is InChI=1S/C13H21N2O9P/c1-5-2-6(13(20)15-12(5)14)11-10(19)9(18)7(24-11)3-23-25(21,22)4-8(16)17/h2,6-7,9-12,18-19H,3-4,14H2,1H3,(H,15,20)(H,16,17)(H,21,22)/t6?,7-,9-,10+,11+,12?/m1/s1. The first-order valence-corrected chi connectivity index (χ1v) is 9.22. The Bertz CT molecular complexity index is 625. The van der Waals surface area contributed by atoms with E-state index in [9.17, 15) is 29.3 Å². The van der Waals surface area contributed by atoms with Gasteiger partial charge in [-0.15, -0.1) is 0 Å². The topological polar surface area (TPSA) is 189 Å². The molecule has 0 aromatic heterocycles. The van der Waals surface area contributed by atoms with Gasteiger partial charge in [-0.25, -0.2) is 0 Å². The van der Waals surface area contributed by atoms with Crippen LogP contribution in [0.15, 0.2) is 11.6 Å². The molecule has 0 saturated carbocycles. The molecule has 0 aromatic rings. The van der Waals surface area contributed by atoms with Crippen LogP contribution in [-0.2, 0) is 23.4 Å². The van der Waals surface area contributed by atoms with Crippen LogP contribution in [0.4, 0.5) is 0 Å². The molecule has 11 nitrogen and oxygen atoms in total. The average Bonchev–Trinajstić information content (AvgIpc) is 2.76. The molecule has 7 N–H and O–H groups in total. The maximum atomic E-state index is 12.0. The van der Waals surface area contributed by atoms with Gasteiger partial charge in [0, 0.05) is 0 Å². The maximum absolute atomic E-state index is 12.0. The van der Waals surface area contributed by atoms with E-state index < -0.39 is 68.7 Å². The van der Waals surface area contributed by atoms with Crippen molar-refractivity contribution in [3.05, 3.63) is 11.6 Å². The molecule has 0 aromatic carbocycles. The van der Waals surface area contributed by atoms with Crippen LogP contribution in [0.1, 0.15) is 6.92 Å². The second kappa shape index (κ2) is 7.50. The maximum Gasteiger partial charge on any atom is 0.339 e. The molecule has 0 aliphatic carbocycles. The van der Waals surface area contributed by atoms with E-state index >= 15 is 0 Å². The highest BCUT2D eigenvalue weighted by atomic mass is 31.2. The van der Waals surface area contributed by atoms with Gasteiger partial charge in [-0.1, -0.05) is 6.08 Å². The van der Waals surface area contributed by atoms with Crippen molar-refractivity contribution in [1.29, 1.82) is 0 Å². The SMILES string of the molecule is CC1=CC([C@@H]2O[C@H](COP(=O)(O)CC(=O)O)[C@@H](O)[C@@H]2O)C(=O)NC1N. The zero-order valence-corrected chi connectivity index (χ0v) is 14.2. The first-order chi connectivity index (χ1) is 11.5. The molecule has 1 saturated heterocycles. The summed E-state index contributed by atoms with van der Waals surface area (Å²) in [5.41, 5.74) is 6.32. The summed E-state index contributed by atoms with van der Waals surface area (Å²) in [6.07, 6.45) is -5.47. The molecular weight excluding hydrogens is 359 g/mol. The number of aliphatic carboxylic acids is 1. The van der Waals surface area contributed by atoms with Gasteiger partial charge in [0.1, 0.15) is 30.6 Å². The lowest BCUT2D eigenvalue weighted by Crippen LogP contribution is -2.52. The molecule has 2 aliphatic rings. The summed E-state index contributed by atoms with van der Waals surface area (Å²) in [5, 5.41) is 31.2. The van der Waals surface area contributed by atoms with E-state index in [2.05, 4.69) is 9.84 Å². The summed E-state index contributed by atoms with van der Waals surface area (Å²) in [6.45, 7) is 1.07. The summed E-state index contributed by atoms with van der Waals surface area (Å²) in [6, 6.07) is 0. The Balaban J connectivity index is 2.04. The predicted octanol–water partition coefficient (Wildman–Crippen LogP) is -2.26. The monoisotopic (exact) mass is 380 g/mol. The van der Waals surface area contributed by atoms with E-state index in [1.807, 2.05) is 0 Å². The van der Waals surface area contributed by atoms with Crippen molar-refractivity contribution >= 4 is 19.5 Å². The summed E-state index contributed by atoms with van der Waals surface area (Å²) in [5.74, 6) is -2.92. The Morgan fingerprint density at radius 2 is 2.08 bits per heavy atom. The minimum absolute atomic E-state index is 0.491. The molecule has 142 valence electrons. The van der Waals surface area contributed by atoms with Gasteiger partial charge in [0.2, 0.25) is 5.91 Å². The van der Waals surface area contributed by atoms with Crippen LogP contribution in [0.25, 0.3) is 0 Å². The number of ether oxygens (including phenoxy) is 1. The smallest absolute Gasteiger partial charge is 0.339 e. The van der Waals surface area contributed by atoms with Gasteiger partial charge in [0.05, 0.1) is 18.7 Å². The van der Waals surface area contributed by atoms with Gasteiger partial charge < -0.3 is 40.5 Å². The number of carbonyl (C=O) groups excluding carboxylic acids is 1. The Morgan fingerprint density at radius 1 is 1.44 bits per heavy atom. The lowest BCUT2D eigenvalue weighted by Gasteiger charge is -2.29. The van der Waals surface area contributed by atoms with Gasteiger partial charge in [0.25, 0.3) is 0 Å². The summed E-state index contributed by atoms with van der Waals surface area (Å²) < 4.78 is 21.6. The molecule has 2 heterocycles. The van der Waals surface area contributed by atoms with Crippen LogP contribution in [-0.4, -0.2) is 75.4 Å². The summed E-state index contributed by atoms with van der Waals surface area (Å²) in [4.78, 5) is 31.9. The Hall–Kier alpha value is -1.33. The molecule has 1 amide bonds. The number of aliphatic hydroxyl groups excluding tert-OH is 2. The normalized spacial score (nSPS) is 38.0. The number of amides is 1. The van der Waals surface area contributed by atoms with E-state index in [0.717, 1.165) is 0 Å². The predicted molar refractivity (Wildman–Crippen MR) is 82.3 cm³/mol. The fraction of sp³-hybridized carbons (Fsp3) is 0.692. The second-order valence-corrected chi connectivity index (χ2v) is 7.88. The molecule has 25 heavy (non-hydrogen) atoms. The molecule has 0 bridgehead atoms. The minimum atomic E-state index is -4.41. The highest BCUT2D eigenvalue weighted by molar-refractivity contribution is 7.53. The number of nitrogens with one attached hydrogen (secondary N) is 1. The van der Waals surface area contributed by atoms with E-state index in [1.165, 1.54) is 6.08 Å². The van der Waals surface area contributed by atoms with Gasteiger partial charge in [-0.2, -0.15) is 0 Å². The van der Waals surface area contributed by atoms with Crippen LogP contribution >= 0.6 is 7.60 Å². The molecule has 12 heteroatoms. The molecule has 7 atom stereocenters. The third-order valence-electron chi connectivity index (χ3n) is 4.06. The molecule has 0 radical (unpaired) electrons. The second-order valence-electron chi connectivity index (χ2n) is 6.03. The highest BCUT2D eigenvalue weighted by Crippen LogP contribution is 2.42. The Morgan fingerprint density at radius 3 is 2.68 bits per heavy atom. The molecular formula is C13H21N2O9P. The van der Waals surface area contributed by atoms with Crippen molar-refractivity contribution in [2.45, 2.75) is 37.5 Å². The fourth-order valence-corrected chi connectivity index (χ4v) is 3.50. The zero-order valence-electron chi connectivity index (χ0n) is 13.3. The van der Waals surface area contributed by atoms with Crippen LogP contribution in [0.2, 0.25) is 0 Å². The summed E-state index contributed by atoms with van der Waals surface area (Å²) >= 11 is 0. The molecule has 2 rings (SSSR count). The Labute approximate surface area is 142 Å². The zero-order chi connectivity index (χ0) is 18.9. The van der Waals surface area contributed by atoms with E-state index in [0.29, 0.717) is 5.57 Å². The van der Waals surface area contributed by atoms with Gasteiger partial charge in [-0.3, -0.25) is 14.2 Å².